The maximum Gasteiger partial charge on any atom is 0.323 e. The number of benzene rings is 1. The molecule has 0 aliphatic heterocycles. The highest BCUT2D eigenvalue weighted by Crippen LogP contribution is 2.16. The summed E-state index contributed by atoms with van der Waals surface area (Å²) in [5.74, 6) is 0.288. The van der Waals surface area contributed by atoms with Crippen LogP contribution in [-0.4, -0.2) is 40.7 Å². The Balaban J connectivity index is 2.04. The molecule has 0 aliphatic rings. The van der Waals surface area contributed by atoms with Gasteiger partial charge >= 0.3 is 6.03 Å². The number of amides is 3. The van der Waals surface area contributed by atoms with Crippen molar-refractivity contribution in [3.63, 3.8) is 0 Å². The molecule has 0 radical (unpaired) electrons. The third kappa shape index (κ3) is 4.59. The normalized spacial score (nSPS) is 10.4. The fraction of sp³-hybridized carbons (Fsp3) is 0.389. The second-order valence-electron chi connectivity index (χ2n) is 6.16. The van der Waals surface area contributed by atoms with E-state index in [2.05, 4.69) is 15.7 Å². The highest BCUT2D eigenvalue weighted by molar-refractivity contribution is 5.88. The van der Waals surface area contributed by atoms with Gasteiger partial charge in [0.05, 0.1) is 0 Å². The smallest absolute Gasteiger partial charge is 0.323 e. The minimum Gasteiger partial charge on any atom is -0.358 e. The number of carbonyl (C=O) groups is 2. The van der Waals surface area contributed by atoms with Gasteiger partial charge in [-0.2, -0.15) is 5.10 Å². The molecule has 0 fully saturated rings. The van der Waals surface area contributed by atoms with Crippen molar-refractivity contribution in [1.82, 2.24) is 20.0 Å². The predicted molar refractivity (Wildman–Crippen MR) is 97.4 cm³/mol. The molecule has 7 heteroatoms. The molecule has 0 unspecified atom stereocenters. The summed E-state index contributed by atoms with van der Waals surface area (Å²) >= 11 is 0. The van der Waals surface area contributed by atoms with Crippen LogP contribution in [0.1, 0.15) is 22.4 Å². The van der Waals surface area contributed by atoms with Crippen molar-refractivity contribution in [2.24, 2.45) is 0 Å². The molecule has 0 spiro atoms. The van der Waals surface area contributed by atoms with Crippen LogP contribution in [0.5, 0.6) is 0 Å². The van der Waals surface area contributed by atoms with Crippen LogP contribution >= 0.6 is 0 Å². The molecule has 1 heterocycles. The molecule has 0 saturated carbocycles. The first-order chi connectivity index (χ1) is 11.8. The number of hydrogen-bond donors (Lipinski definition) is 2. The largest absolute Gasteiger partial charge is 0.358 e. The van der Waals surface area contributed by atoms with Crippen LogP contribution in [0.2, 0.25) is 0 Å². The minimum absolute atomic E-state index is 0.121. The standard InChI is InChI=1S/C18H25N5O2/c1-12-7-6-8-13(2)15(12)10-22(5)18(25)20-16-9-14(3)23(21-16)11-17(24)19-4/h6-9H,10-11H2,1-5H3,(H,19,24)(H,20,21,25). The van der Waals surface area contributed by atoms with E-state index in [1.165, 1.54) is 0 Å². The zero-order chi connectivity index (χ0) is 18.6. The summed E-state index contributed by atoms with van der Waals surface area (Å²) in [5.41, 5.74) is 4.26. The van der Waals surface area contributed by atoms with E-state index in [-0.39, 0.29) is 18.5 Å². The summed E-state index contributed by atoms with van der Waals surface area (Å²) in [5, 5.41) is 9.59. The van der Waals surface area contributed by atoms with Gasteiger partial charge in [-0.15, -0.1) is 0 Å². The lowest BCUT2D eigenvalue weighted by atomic mass is 10.0. The van der Waals surface area contributed by atoms with Gasteiger partial charge in [0.1, 0.15) is 6.54 Å². The second kappa shape index (κ2) is 7.83. The lowest BCUT2D eigenvalue weighted by Crippen LogP contribution is -2.31. The SMILES string of the molecule is CNC(=O)Cn1nc(NC(=O)N(C)Cc2c(C)cccc2C)cc1C. The predicted octanol–water partition coefficient (Wildman–Crippen LogP) is 2.22. The summed E-state index contributed by atoms with van der Waals surface area (Å²) in [6.07, 6.45) is 0. The topological polar surface area (TPSA) is 79.3 Å². The Labute approximate surface area is 148 Å². The average molecular weight is 343 g/mol. The molecule has 2 rings (SSSR count). The van der Waals surface area contributed by atoms with Crippen LogP contribution < -0.4 is 10.6 Å². The average Bonchev–Trinajstić information content (AvgIpc) is 2.89. The Morgan fingerprint density at radius 1 is 1.20 bits per heavy atom. The molecular weight excluding hydrogens is 318 g/mol. The number of likely N-dealkylation sites (N-methyl/N-ethyl adjacent to an activating group) is 1. The molecule has 134 valence electrons. The van der Waals surface area contributed by atoms with E-state index < -0.39 is 0 Å². The third-order valence-corrected chi connectivity index (χ3v) is 4.17. The molecule has 3 amide bonds. The monoisotopic (exact) mass is 343 g/mol. The van der Waals surface area contributed by atoms with Gasteiger partial charge in [-0.05, 0) is 37.5 Å². The summed E-state index contributed by atoms with van der Waals surface area (Å²) in [6.45, 7) is 6.56. The molecule has 2 N–H and O–H groups in total. The molecule has 1 aromatic carbocycles. The Morgan fingerprint density at radius 3 is 2.44 bits per heavy atom. The molecule has 0 saturated heterocycles. The molecule has 1 aromatic heterocycles. The van der Waals surface area contributed by atoms with Crippen molar-refractivity contribution in [3.8, 4) is 0 Å². The van der Waals surface area contributed by atoms with Crippen LogP contribution in [0, 0.1) is 20.8 Å². The fourth-order valence-corrected chi connectivity index (χ4v) is 2.56. The number of carbonyl (C=O) groups excluding carboxylic acids is 2. The summed E-state index contributed by atoms with van der Waals surface area (Å²) in [7, 11) is 3.32. The Kier molecular flexibility index (Phi) is 5.80. The van der Waals surface area contributed by atoms with E-state index in [1.54, 1.807) is 29.7 Å². The molecule has 0 aliphatic carbocycles. The zero-order valence-electron chi connectivity index (χ0n) is 15.4. The number of aryl methyl sites for hydroxylation is 3. The van der Waals surface area contributed by atoms with E-state index in [4.69, 9.17) is 0 Å². The maximum atomic E-state index is 12.4. The number of nitrogens with zero attached hydrogens (tertiary/aromatic N) is 3. The summed E-state index contributed by atoms with van der Waals surface area (Å²) < 4.78 is 1.56. The molecule has 25 heavy (non-hydrogen) atoms. The van der Waals surface area contributed by atoms with Crippen molar-refractivity contribution < 1.29 is 9.59 Å². The van der Waals surface area contributed by atoms with E-state index in [1.807, 2.05) is 39.0 Å². The van der Waals surface area contributed by atoms with Crippen molar-refractivity contribution in [2.75, 3.05) is 19.4 Å². The fourth-order valence-electron chi connectivity index (χ4n) is 2.56. The van der Waals surface area contributed by atoms with E-state index in [0.717, 1.165) is 22.4 Å². The van der Waals surface area contributed by atoms with Crippen molar-refractivity contribution in [2.45, 2.75) is 33.9 Å². The lowest BCUT2D eigenvalue weighted by molar-refractivity contribution is -0.121. The first-order valence-electron chi connectivity index (χ1n) is 8.14. The Morgan fingerprint density at radius 2 is 1.84 bits per heavy atom. The maximum absolute atomic E-state index is 12.4. The Hall–Kier alpha value is -2.83. The van der Waals surface area contributed by atoms with E-state index in [0.29, 0.717) is 12.4 Å². The van der Waals surface area contributed by atoms with Crippen LogP contribution in [0.25, 0.3) is 0 Å². The number of rotatable bonds is 5. The molecular formula is C18H25N5O2. The van der Waals surface area contributed by atoms with Gasteiger partial charge in [-0.1, -0.05) is 18.2 Å². The summed E-state index contributed by atoms with van der Waals surface area (Å²) in [4.78, 5) is 25.5. The van der Waals surface area contributed by atoms with Gasteiger partial charge in [0, 0.05) is 32.4 Å². The highest BCUT2D eigenvalue weighted by Gasteiger charge is 2.15. The zero-order valence-corrected chi connectivity index (χ0v) is 15.4. The first kappa shape index (κ1) is 18.5. The summed E-state index contributed by atoms with van der Waals surface area (Å²) in [6, 6.07) is 7.59. The minimum atomic E-state index is -0.243. The van der Waals surface area contributed by atoms with Gasteiger partial charge in [0.2, 0.25) is 5.91 Å². The van der Waals surface area contributed by atoms with Gasteiger partial charge in [0.15, 0.2) is 5.82 Å². The van der Waals surface area contributed by atoms with Crippen molar-refractivity contribution in [1.29, 1.82) is 0 Å². The van der Waals surface area contributed by atoms with Crippen molar-refractivity contribution in [3.05, 3.63) is 46.6 Å². The van der Waals surface area contributed by atoms with Gasteiger partial charge < -0.3 is 10.2 Å². The van der Waals surface area contributed by atoms with Crippen molar-refractivity contribution >= 4 is 17.8 Å². The first-order valence-corrected chi connectivity index (χ1v) is 8.14. The quantitative estimate of drug-likeness (QED) is 0.874. The van der Waals surface area contributed by atoms with Gasteiger partial charge in [-0.25, -0.2) is 4.79 Å². The second-order valence-corrected chi connectivity index (χ2v) is 6.16. The van der Waals surface area contributed by atoms with Crippen LogP contribution in [0.4, 0.5) is 10.6 Å². The van der Waals surface area contributed by atoms with E-state index >= 15 is 0 Å². The van der Waals surface area contributed by atoms with Gasteiger partial charge in [0.25, 0.3) is 0 Å². The molecule has 2 aromatic rings. The number of urea groups is 1. The Bertz CT molecular complexity index is 762. The van der Waals surface area contributed by atoms with Crippen LogP contribution in [0.3, 0.4) is 0 Å². The molecule has 0 bridgehead atoms. The highest BCUT2D eigenvalue weighted by atomic mass is 16.2. The molecule has 7 nitrogen and oxygen atoms in total. The number of nitrogens with one attached hydrogen (secondary N) is 2. The van der Waals surface area contributed by atoms with Gasteiger partial charge in [-0.3, -0.25) is 14.8 Å². The van der Waals surface area contributed by atoms with Crippen LogP contribution in [-0.2, 0) is 17.9 Å². The number of anilines is 1. The third-order valence-electron chi connectivity index (χ3n) is 4.17. The molecule has 0 atom stereocenters. The van der Waals surface area contributed by atoms with E-state index in [9.17, 15) is 9.59 Å². The van der Waals surface area contributed by atoms with Crippen LogP contribution in [0.15, 0.2) is 24.3 Å². The lowest BCUT2D eigenvalue weighted by Gasteiger charge is -2.20. The number of aromatic nitrogens is 2. The number of hydrogen-bond acceptors (Lipinski definition) is 3.